The number of ether oxygens (including phenoxy) is 1. The zero-order valence-corrected chi connectivity index (χ0v) is 15.6. The summed E-state index contributed by atoms with van der Waals surface area (Å²) in [6, 6.07) is 6.95. The largest absolute Gasteiger partial charge is 0.451 e. The molecule has 2 aromatic rings. The molecule has 0 bridgehead atoms. The SMILES string of the molecule is CC(NC(=O)COC(=O)c1cc(Br)c[nH]1)c1ccc(S(N)(=O)=O)cc1. The first kappa shape index (κ1) is 19.2. The van der Waals surface area contributed by atoms with Crippen molar-refractivity contribution >= 4 is 37.8 Å². The van der Waals surface area contributed by atoms with Crippen LogP contribution in [0.3, 0.4) is 0 Å². The number of hydrogen-bond acceptors (Lipinski definition) is 5. The predicted molar refractivity (Wildman–Crippen MR) is 93.1 cm³/mol. The van der Waals surface area contributed by atoms with E-state index in [4.69, 9.17) is 9.88 Å². The van der Waals surface area contributed by atoms with Gasteiger partial charge < -0.3 is 15.0 Å². The van der Waals surface area contributed by atoms with Gasteiger partial charge in [-0.15, -0.1) is 0 Å². The molecule has 1 atom stereocenters. The lowest BCUT2D eigenvalue weighted by atomic mass is 10.1. The van der Waals surface area contributed by atoms with E-state index in [1.54, 1.807) is 25.3 Å². The minimum absolute atomic E-state index is 0.0131. The Kier molecular flexibility index (Phi) is 5.98. The summed E-state index contributed by atoms with van der Waals surface area (Å²) < 4.78 is 28.0. The van der Waals surface area contributed by atoms with Crippen LogP contribution in [0.25, 0.3) is 0 Å². The van der Waals surface area contributed by atoms with Crippen LogP contribution in [0.4, 0.5) is 0 Å². The molecule has 134 valence electrons. The van der Waals surface area contributed by atoms with E-state index in [9.17, 15) is 18.0 Å². The van der Waals surface area contributed by atoms with Crippen LogP contribution in [0.2, 0.25) is 0 Å². The quantitative estimate of drug-likeness (QED) is 0.597. The number of primary sulfonamides is 1. The number of aromatic amines is 1. The number of carbonyl (C=O) groups excluding carboxylic acids is 2. The molecule has 2 rings (SSSR count). The lowest BCUT2D eigenvalue weighted by molar-refractivity contribution is -0.124. The van der Waals surface area contributed by atoms with Crippen LogP contribution in [0.1, 0.15) is 29.0 Å². The summed E-state index contributed by atoms with van der Waals surface area (Å²) >= 11 is 3.19. The predicted octanol–water partition coefficient (Wildman–Crippen LogP) is 1.46. The van der Waals surface area contributed by atoms with Gasteiger partial charge in [0.15, 0.2) is 6.61 Å². The number of esters is 1. The Morgan fingerprint density at radius 3 is 2.48 bits per heavy atom. The smallest absolute Gasteiger partial charge is 0.355 e. The van der Waals surface area contributed by atoms with Gasteiger partial charge in [0.1, 0.15) is 5.69 Å². The van der Waals surface area contributed by atoms with Gasteiger partial charge in [-0.2, -0.15) is 0 Å². The second-order valence-corrected chi connectivity index (χ2v) is 7.69. The van der Waals surface area contributed by atoms with Gasteiger partial charge in [0.05, 0.1) is 10.9 Å². The van der Waals surface area contributed by atoms with Gasteiger partial charge in [-0.3, -0.25) is 4.79 Å². The number of hydrogen-bond donors (Lipinski definition) is 3. The average molecular weight is 430 g/mol. The molecule has 1 amide bonds. The number of amides is 1. The van der Waals surface area contributed by atoms with E-state index in [0.29, 0.717) is 10.0 Å². The van der Waals surface area contributed by atoms with Gasteiger partial charge in [-0.25, -0.2) is 18.4 Å². The van der Waals surface area contributed by atoms with Crippen molar-refractivity contribution in [2.45, 2.75) is 17.9 Å². The first-order chi connectivity index (χ1) is 11.7. The van der Waals surface area contributed by atoms with Gasteiger partial charge in [0.25, 0.3) is 5.91 Å². The fourth-order valence-electron chi connectivity index (χ4n) is 2.01. The van der Waals surface area contributed by atoms with Gasteiger partial charge in [-0.05, 0) is 46.6 Å². The Hall–Kier alpha value is -2.17. The Labute approximate surface area is 152 Å². The normalized spacial score (nSPS) is 12.4. The molecule has 0 radical (unpaired) electrons. The Bertz CT molecular complexity index is 877. The highest BCUT2D eigenvalue weighted by Crippen LogP contribution is 2.15. The number of carbonyl (C=O) groups is 2. The molecule has 0 aliphatic carbocycles. The van der Waals surface area contributed by atoms with E-state index in [1.165, 1.54) is 18.2 Å². The molecule has 1 aromatic heterocycles. The standard InChI is InChI=1S/C15H16BrN3O5S/c1-9(10-2-4-12(5-3-10)25(17,22)23)19-14(20)8-24-15(21)13-6-11(16)7-18-13/h2-7,9,18H,8H2,1H3,(H,19,20)(H2,17,22,23). The third kappa shape index (κ3) is 5.41. The second-order valence-electron chi connectivity index (χ2n) is 5.21. The van der Waals surface area contributed by atoms with Gasteiger partial charge in [0, 0.05) is 10.7 Å². The number of nitrogens with one attached hydrogen (secondary N) is 2. The van der Waals surface area contributed by atoms with Crippen LogP contribution in [0.5, 0.6) is 0 Å². The van der Waals surface area contributed by atoms with Crippen molar-refractivity contribution in [2.24, 2.45) is 5.14 Å². The summed E-state index contributed by atoms with van der Waals surface area (Å²) in [4.78, 5) is 26.3. The Balaban J connectivity index is 1.88. The second kappa shape index (κ2) is 7.81. The van der Waals surface area contributed by atoms with E-state index in [-0.39, 0.29) is 10.6 Å². The van der Waals surface area contributed by atoms with Crippen molar-refractivity contribution in [3.8, 4) is 0 Å². The highest BCUT2D eigenvalue weighted by atomic mass is 79.9. The maximum absolute atomic E-state index is 11.9. The minimum atomic E-state index is -3.76. The van der Waals surface area contributed by atoms with Crippen molar-refractivity contribution in [2.75, 3.05) is 6.61 Å². The number of halogens is 1. The van der Waals surface area contributed by atoms with Crippen LogP contribution in [-0.2, 0) is 19.6 Å². The molecule has 10 heteroatoms. The molecule has 1 unspecified atom stereocenters. The monoisotopic (exact) mass is 429 g/mol. The third-order valence-corrected chi connectivity index (χ3v) is 4.68. The molecule has 0 aliphatic heterocycles. The molecule has 0 aliphatic rings. The summed E-state index contributed by atoms with van der Waals surface area (Å²) in [7, 11) is -3.76. The number of aromatic nitrogens is 1. The number of benzene rings is 1. The molecular weight excluding hydrogens is 414 g/mol. The molecule has 0 saturated heterocycles. The molecule has 0 fully saturated rings. The van der Waals surface area contributed by atoms with Crippen molar-refractivity contribution < 1.29 is 22.7 Å². The van der Waals surface area contributed by atoms with Crippen molar-refractivity contribution in [1.29, 1.82) is 0 Å². The summed E-state index contributed by atoms with van der Waals surface area (Å²) in [6.45, 7) is 1.28. The van der Waals surface area contributed by atoms with Crippen molar-refractivity contribution in [1.82, 2.24) is 10.3 Å². The van der Waals surface area contributed by atoms with E-state index in [1.807, 2.05) is 0 Å². The zero-order chi connectivity index (χ0) is 18.6. The lowest BCUT2D eigenvalue weighted by Crippen LogP contribution is -2.31. The average Bonchev–Trinajstić information content (AvgIpc) is 2.98. The van der Waals surface area contributed by atoms with E-state index in [2.05, 4.69) is 26.2 Å². The highest BCUT2D eigenvalue weighted by Gasteiger charge is 2.15. The fraction of sp³-hybridized carbons (Fsp3) is 0.200. The first-order valence-electron chi connectivity index (χ1n) is 7.10. The maximum Gasteiger partial charge on any atom is 0.355 e. The van der Waals surface area contributed by atoms with Gasteiger partial charge >= 0.3 is 5.97 Å². The number of sulfonamides is 1. The topological polar surface area (TPSA) is 131 Å². The molecule has 0 saturated carbocycles. The van der Waals surface area contributed by atoms with Crippen molar-refractivity contribution in [3.63, 3.8) is 0 Å². The molecule has 1 aromatic carbocycles. The van der Waals surface area contributed by atoms with Crippen LogP contribution < -0.4 is 10.5 Å². The van der Waals surface area contributed by atoms with Crippen molar-refractivity contribution in [3.05, 3.63) is 52.3 Å². The molecule has 0 spiro atoms. The highest BCUT2D eigenvalue weighted by molar-refractivity contribution is 9.10. The molecule has 4 N–H and O–H groups in total. The van der Waals surface area contributed by atoms with E-state index in [0.717, 1.165) is 0 Å². The van der Waals surface area contributed by atoms with Crippen LogP contribution in [-0.4, -0.2) is 31.9 Å². The number of nitrogens with two attached hydrogens (primary N) is 1. The fourth-order valence-corrected chi connectivity index (χ4v) is 2.87. The lowest BCUT2D eigenvalue weighted by Gasteiger charge is -2.14. The summed E-state index contributed by atoms with van der Waals surface area (Å²) in [5, 5.41) is 7.68. The third-order valence-electron chi connectivity index (χ3n) is 3.29. The summed E-state index contributed by atoms with van der Waals surface area (Å²) in [5.41, 5.74) is 0.909. The Morgan fingerprint density at radius 1 is 1.32 bits per heavy atom. The van der Waals surface area contributed by atoms with Gasteiger partial charge in [-0.1, -0.05) is 12.1 Å². The maximum atomic E-state index is 11.9. The molecule has 25 heavy (non-hydrogen) atoms. The molecular formula is C15H16BrN3O5S. The van der Waals surface area contributed by atoms with Crippen LogP contribution in [0, 0.1) is 0 Å². The van der Waals surface area contributed by atoms with E-state index >= 15 is 0 Å². The van der Waals surface area contributed by atoms with Gasteiger partial charge in [0.2, 0.25) is 10.0 Å². The number of H-pyrrole nitrogens is 1. The van der Waals surface area contributed by atoms with Crippen LogP contribution >= 0.6 is 15.9 Å². The summed E-state index contributed by atoms with van der Waals surface area (Å²) in [5.74, 6) is -1.13. The minimum Gasteiger partial charge on any atom is -0.451 e. The molecule has 1 heterocycles. The summed E-state index contributed by atoms with van der Waals surface area (Å²) in [6.07, 6.45) is 1.57. The van der Waals surface area contributed by atoms with E-state index < -0.39 is 34.5 Å². The Morgan fingerprint density at radius 2 is 1.96 bits per heavy atom. The number of rotatable bonds is 6. The zero-order valence-electron chi connectivity index (χ0n) is 13.2. The molecule has 8 nitrogen and oxygen atoms in total. The van der Waals surface area contributed by atoms with Crippen LogP contribution in [0.15, 0.2) is 45.9 Å². The first-order valence-corrected chi connectivity index (χ1v) is 9.44.